The Kier molecular flexibility index (Phi) is 3.00. The zero-order valence-electron chi connectivity index (χ0n) is 8.96. The van der Waals surface area contributed by atoms with Crippen molar-refractivity contribution in [1.29, 1.82) is 0 Å². The molecule has 0 unspecified atom stereocenters. The highest BCUT2D eigenvalue weighted by Crippen LogP contribution is 2.06. The summed E-state index contributed by atoms with van der Waals surface area (Å²) in [5.41, 5.74) is 1.42. The predicted octanol–water partition coefficient (Wildman–Crippen LogP) is 1.95. The summed E-state index contributed by atoms with van der Waals surface area (Å²) in [5, 5.41) is 3.61. The van der Waals surface area contributed by atoms with Crippen molar-refractivity contribution in [3.8, 4) is 0 Å². The monoisotopic (exact) mass is 216 g/mol. The first-order chi connectivity index (χ1) is 7.77. The summed E-state index contributed by atoms with van der Waals surface area (Å²) in [5.74, 6) is -0.141. The number of nitrogens with zero attached hydrogens (tertiary/aromatic N) is 2. The summed E-state index contributed by atoms with van der Waals surface area (Å²) in [6.07, 6.45) is 1.39. The number of amides is 1. The zero-order valence-corrected chi connectivity index (χ0v) is 8.96. The number of aromatic nitrogens is 1. The van der Waals surface area contributed by atoms with Gasteiger partial charge in [-0.2, -0.15) is 0 Å². The minimum atomic E-state index is -0.141. The van der Waals surface area contributed by atoms with Gasteiger partial charge in [-0.15, -0.1) is 0 Å². The minimum Gasteiger partial charge on any atom is -0.364 e. The molecule has 0 spiro atoms. The molecule has 4 heteroatoms. The maximum atomic E-state index is 11.8. The molecule has 1 heterocycles. The normalized spacial score (nSPS) is 10.1. The van der Waals surface area contributed by atoms with Crippen LogP contribution in [0.2, 0.25) is 0 Å². The highest BCUT2D eigenvalue weighted by Gasteiger charge is 2.14. The summed E-state index contributed by atoms with van der Waals surface area (Å²) < 4.78 is 4.64. The first kappa shape index (κ1) is 10.4. The van der Waals surface area contributed by atoms with Crippen molar-refractivity contribution in [2.45, 2.75) is 6.54 Å². The van der Waals surface area contributed by atoms with Gasteiger partial charge in [0.1, 0.15) is 6.26 Å². The van der Waals surface area contributed by atoms with Gasteiger partial charge in [-0.1, -0.05) is 35.5 Å². The largest absolute Gasteiger partial charge is 0.364 e. The van der Waals surface area contributed by atoms with Gasteiger partial charge in [0.25, 0.3) is 5.91 Å². The number of rotatable bonds is 3. The second-order valence-electron chi connectivity index (χ2n) is 3.53. The topological polar surface area (TPSA) is 46.3 Å². The SMILES string of the molecule is CN(Cc1ccccc1)C(=O)c1ccon1. The summed E-state index contributed by atoms with van der Waals surface area (Å²) in [7, 11) is 1.74. The summed E-state index contributed by atoms with van der Waals surface area (Å²) in [6, 6.07) is 11.4. The van der Waals surface area contributed by atoms with E-state index in [1.807, 2.05) is 30.3 Å². The van der Waals surface area contributed by atoms with Crippen molar-refractivity contribution in [3.05, 3.63) is 53.9 Å². The molecular formula is C12H12N2O2. The van der Waals surface area contributed by atoms with Crippen LogP contribution in [0.5, 0.6) is 0 Å². The smallest absolute Gasteiger partial charge is 0.276 e. The van der Waals surface area contributed by atoms with Crippen molar-refractivity contribution in [1.82, 2.24) is 10.1 Å². The van der Waals surface area contributed by atoms with Gasteiger partial charge in [0.15, 0.2) is 5.69 Å². The zero-order chi connectivity index (χ0) is 11.4. The lowest BCUT2D eigenvalue weighted by Crippen LogP contribution is -2.26. The molecule has 1 aromatic heterocycles. The standard InChI is InChI=1S/C12H12N2O2/c1-14(9-10-5-3-2-4-6-10)12(15)11-7-8-16-13-11/h2-8H,9H2,1H3. The Hall–Kier alpha value is -2.10. The molecule has 2 aromatic rings. The van der Waals surface area contributed by atoms with E-state index in [1.165, 1.54) is 6.26 Å². The summed E-state index contributed by atoms with van der Waals surface area (Å²) in [4.78, 5) is 13.4. The molecule has 82 valence electrons. The van der Waals surface area contributed by atoms with Crippen molar-refractivity contribution in [3.63, 3.8) is 0 Å². The highest BCUT2D eigenvalue weighted by atomic mass is 16.5. The van der Waals surface area contributed by atoms with E-state index in [0.29, 0.717) is 12.2 Å². The molecule has 0 aliphatic carbocycles. The lowest BCUT2D eigenvalue weighted by Gasteiger charge is -2.15. The Bertz CT molecular complexity index is 451. The van der Waals surface area contributed by atoms with Gasteiger partial charge in [0.05, 0.1) is 0 Å². The molecule has 4 nitrogen and oxygen atoms in total. The van der Waals surface area contributed by atoms with Crippen LogP contribution < -0.4 is 0 Å². The van der Waals surface area contributed by atoms with E-state index < -0.39 is 0 Å². The Labute approximate surface area is 93.5 Å². The molecule has 0 aliphatic heterocycles. The van der Waals surface area contributed by atoms with Crippen molar-refractivity contribution < 1.29 is 9.32 Å². The maximum Gasteiger partial charge on any atom is 0.276 e. The van der Waals surface area contributed by atoms with Crippen LogP contribution in [0.25, 0.3) is 0 Å². The second-order valence-corrected chi connectivity index (χ2v) is 3.53. The van der Waals surface area contributed by atoms with E-state index in [0.717, 1.165) is 5.56 Å². The number of hydrogen-bond donors (Lipinski definition) is 0. The first-order valence-corrected chi connectivity index (χ1v) is 4.97. The third kappa shape index (κ3) is 2.28. The molecule has 0 atom stereocenters. The summed E-state index contributed by atoms with van der Waals surface area (Å²) in [6.45, 7) is 0.562. The third-order valence-corrected chi connectivity index (χ3v) is 2.27. The molecule has 0 saturated heterocycles. The van der Waals surface area contributed by atoms with Crippen molar-refractivity contribution in [2.75, 3.05) is 7.05 Å². The van der Waals surface area contributed by atoms with Crippen LogP contribution in [0.3, 0.4) is 0 Å². The lowest BCUT2D eigenvalue weighted by atomic mass is 10.2. The number of carbonyl (C=O) groups is 1. The Morgan fingerprint density at radius 1 is 1.31 bits per heavy atom. The molecule has 0 N–H and O–H groups in total. The van der Waals surface area contributed by atoms with Gasteiger partial charge in [0, 0.05) is 19.7 Å². The van der Waals surface area contributed by atoms with E-state index in [4.69, 9.17) is 0 Å². The molecule has 0 radical (unpaired) electrons. The van der Waals surface area contributed by atoms with E-state index in [-0.39, 0.29) is 5.91 Å². The van der Waals surface area contributed by atoms with Crippen LogP contribution in [-0.4, -0.2) is 23.0 Å². The van der Waals surface area contributed by atoms with Gasteiger partial charge < -0.3 is 9.42 Å². The van der Waals surface area contributed by atoms with E-state index in [9.17, 15) is 4.79 Å². The molecule has 1 aromatic carbocycles. The maximum absolute atomic E-state index is 11.8. The Morgan fingerprint density at radius 2 is 2.06 bits per heavy atom. The highest BCUT2D eigenvalue weighted by molar-refractivity contribution is 5.91. The number of carbonyl (C=O) groups excluding carboxylic acids is 1. The average molecular weight is 216 g/mol. The Balaban J connectivity index is 2.04. The fraction of sp³-hybridized carbons (Fsp3) is 0.167. The van der Waals surface area contributed by atoms with Crippen LogP contribution in [0.15, 0.2) is 47.2 Å². The number of benzene rings is 1. The average Bonchev–Trinajstić information content (AvgIpc) is 2.83. The lowest BCUT2D eigenvalue weighted by molar-refractivity contribution is 0.0775. The van der Waals surface area contributed by atoms with Crippen LogP contribution >= 0.6 is 0 Å². The van der Waals surface area contributed by atoms with Crippen molar-refractivity contribution >= 4 is 5.91 Å². The molecule has 2 rings (SSSR count). The fourth-order valence-corrected chi connectivity index (χ4v) is 1.45. The first-order valence-electron chi connectivity index (χ1n) is 4.97. The van der Waals surface area contributed by atoms with Gasteiger partial charge in [0.2, 0.25) is 0 Å². The van der Waals surface area contributed by atoms with Gasteiger partial charge in [-0.3, -0.25) is 4.79 Å². The molecule has 16 heavy (non-hydrogen) atoms. The third-order valence-electron chi connectivity index (χ3n) is 2.27. The number of hydrogen-bond acceptors (Lipinski definition) is 3. The van der Waals surface area contributed by atoms with Gasteiger partial charge >= 0.3 is 0 Å². The fourth-order valence-electron chi connectivity index (χ4n) is 1.45. The van der Waals surface area contributed by atoms with Crippen molar-refractivity contribution in [2.24, 2.45) is 0 Å². The molecule has 0 aliphatic rings. The van der Waals surface area contributed by atoms with E-state index in [2.05, 4.69) is 9.68 Å². The van der Waals surface area contributed by atoms with Gasteiger partial charge in [-0.05, 0) is 5.56 Å². The quantitative estimate of drug-likeness (QED) is 0.787. The molecule has 1 amide bonds. The van der Waals surface area contributed by atoms with Gasteiger partial charge in [-0.25, -0.2) is 0 Å². The van der Waals surface area contributed by atoms with Crippen LogP contribution in [-0.2, 0) is 6.54 Å². The predicted molar refractivity (Wildman–Crippen MR) is 58.7 cm³/mol. The van der Waals surface area contributed by atoms with E-state index >= 15 is 0 Å². The summed E-state index contributed by atoms with van der Waals surface area (Å²) >= 11 is 0. The van der Waals surface area contributed by atoms with Crippen LogP contribution in [0, 0.1) is 0 Å². The molecular weight excluding hydrogens is 204 g/mol. The Morgan fingerprint density at radius 3 is 2.69 bits per heavy atom. The second kappa shape index (κ2) is 4.61. The van der Waals surface area contributed by atoms with Crippen LogP contribution in [0.4, 0.5) is 0 Å². The minimum absolute atomic E-state index is 0.141. The van der Waals surface area contributed by atoms with E-state index in [1.54, 1.807) is 18.0 Å². The molecule has 0 saturated carbocycles. The molecule has 0 fully saturated rings. The van der Waals surface area contributed by atoms with Crippen LogP contribution in [0.1, 0.15) is 16.1 Å². The molecule has 0 bridgehead atoms.